The van der Waals surface area contributed by atoms with Crippen LogP contribution in [0.5, 0.6) is 0 Å². The molecule has 0 radical (unpaired) electrons. The van der Waals surface area contributed by atoms with Crippen molar-refractivity contribution in [3.05, 3.63) is 0 Å². The van der Waals surface area contributed by atoms with Crippen molar-refractivity contribution < 1.29 is 39.3 Å². The maximum absolute atomic E-state index is 11.9. The molecular formula is C5HF8OP. The summed E-state index contributed by atoms with van der Waals surface area (Å²) in [6.07, 6.45) is -8.35. The summed E-state index contributed by atoms with van der Waals surface area (Å²) in [7, 11) is -4.91. The van der Waals surface area contributed by atoms with E-state index in [9.17, 15) is 34.7 Å². The lowest BCUT2D eigenvalue weighted by molar-refractivity contribution is -0.333. The summed E-state index contributed by atoms with van der Waals surface area (Å²) in [5, 5.41) is 0. The maximum Gasteiger partial charge on any atom is 0.438 e. The average Bonchev–Trinajstić information content (AvgIpc) is 1.94. The van der Waals surface area contributed by atoms with E-state index in [4.69, 9.17) is 0 Å². The molecule has 0 aliphatic heterocycles. The fourth-order valence-corrected chi connectivity index (χ4v) is 1.02. The average molecular weight is 260 g/mol. The van der Waals surface area contributed by atoms with Gasteiger partial charge in [-0.25, -0.2) is 0 Å². The minimum atomic E-state index is -6.17. The predicted molar refractivity (Wildman–Crippen MR) is 33.9 cm³/mol. The number of alkyl halides is 6. The molecule has 0 heterocycles. The molecule has 0 amide bonds. The van der Waals surface area contributed by atoms with Crippen LogP contribution in [-0.4, -0.2) is 18.0 Å². The molecule has 0 aliphatic rings. The van der Waals surface area contributed by atoms with Crippen LogP contribution in [0.4, 0.5) is 34.7 Å². The summed E-state index contributed by atoms with van der Waals surface area (Å²) >= 11 is 0. The van der Waals surface area contributed by atoms with Crippen molar-refractivity contribution in [2.75, 3.05) is 0 Å². The van der Waals surface area contributed by atoms with E-state index >= 15 is 0 Å². The third-order valence-corrected chi connectivity index (χ3v) is 1.62. The van der Waals surface area contributed by atoms with Gasteiger partial charge in [0, 0.05) is 0 Å². The van der Waals surface area contributed by atoms with Crippen molar-refractivity contribution >= 4 is 8.77 Å². The summed E-state index contributed by atoms with van der Waals surface area (Å²) < 4.78 is 97.1. The SMILES string of the molecule is C#CC(OP(F)F)(C(F)(F)F)C(F)(F)F. The van der Waals surface area contributed by atoms with Gasteiger partial charge in [0.15, 0.2) is 0 Å². The zero-order chi connectivity index (χ0) is 12.5. The monoisotopic (exact) mass is 260 g/mol. The summed E-state index contributed by atoms with van der Waals surface area (Å²) in [6, 6.07) is 0. The minimum Gasteiger partial charge on any atom is -0.268 e. The van der Waals surface area contributed by atoms with Crippen LogP contribution in [0.25, 0.3) is 0 Å². The maximum atomic E-state index is 11.9. The molecular weight excluding hydrogens is 259 g/mol. The van der Waals surface area contributed by atoms with Crippen LogP contribution in [0.15, 0.2) is 0 Å². The van der Waals surface area contributed by atoms with Gasteiger partial charge in [-0.2, -0.15) is 34.7 Å². The standard InChI is InChI=1S/C5HF8OP/c1-2-3(4(6,7)8,5(9,10)11)14-15(12)13/h1H. The van der Waals surface area contributed by atoms with E-state index in [1.54, 1.807) is 0 Å². The summed E-state index contributed by atoms with van der Waals surface area (Å²) in [5.41, 5.74) is -5.25. The van der Waals surface area contributed by atoms with Crippen molar-refractivity contribution in [1.29, 1.82) is 0 Å². The van der Waals surface area contributed by atoms with Crippen LogP contribution in [0, 0.1) is 12.3 Å². The molecule has 0 aromatic heterocycles. The summed E-state index contributed by atoms with van der Waals surface area (Å²) in [6.45, 7) is 0. The highest BCUT2D eigenvalue weighted by Crippen LogP contribution is 2.54. The highest BCUT2D eigenvalue weighted by atomic mass is 31.2. The van der Waals surface area contributed by atoms with Crippen LogP contribution in [0.3, 0.4) is 0 Å². The molecule has 0 saturated carbocycles. The molecule has 15 heavy (non-hydrogen) atoms. The van der Waals surface area contributed by atoms with E-state index in [2.05, 4.69) is 10.9 Å². The lowest BCUT2D eigenvalue weighted by Gasteiger charge is -2.31. The Bertz CT molecular complexity index is 246. The molecule has 0 atom stereocenters. The predicted octanol–water partition coefficient (Wildman–Crippen LogP) is 3.67. The highest BCUT2D eigenvalue weighted by molar-refractivity contribution is 7.40. The molecule has 0 aromatic rings. The Morgan fingerprint density at radius 3 is 1.33 bits per heavy atom. The number of rotatable bonds is 2. The van der Waals surface area contributed by atoms with Crippen molar-refractivity contribution in [2.24, 2.45) is 0 Å². The summed E-state index contributed by atoms with van der Waals surface area (Å²) in [5.74, 6) is 0.191. The van der Waals surface area contributed by atoms with Gasteiger partial charge in [0.25, 0.3) is 0 Å². The fourth-order valence-electron chi connectivity index (χ4n) is 0.558. The van der Waals surface area contributed by atoms with Gasteiger partial charge in [0.05, 0.1) is 0 Å². The fraction of sp³-hybridized carbons (Fsp3) is 0.600. The Morgan fingerprint density at radius 1 is 0.933 bits per heavy atom. The number of halogens is 8. The van der Waals surface area contributed by atoms with Gasteiger partial charge < -0.3 is 0 Å². The second kappa shape index (κ2) is 4.10. The van der Waals surface area contributed by atoms with E-state index in [0.29, 0.717) is 0 Å². The first-order chi connectivity index (χ1) is 6.48. The van der Waals surface area contributed by atoms with Gasteiger partial charge in [-0.05, 0) is 0 Å². The third-order valence-electron chi connectivity index (χ3n) is 1.21. The van der Waals surface area contributed by atoms with Gasteiger partial charge in [-0.15, -0.1) is 6.42 Å². The van der Waals surface area contributed by atoms with Crippen LogP contribution >= 0.6 is 8.77 Å². The lowest BCUT2D eigenvalue weighted by Crippen LogP contribution is -2.56. The van der Waals surface area contributed by atoms with Gasteiger partial charge in [-0.3, -0.25) is 4.52 Å². The van der Waals surface area contributed by atoms with E-state index in [1.165, 1.54) is 0 Å². The zero-order valence-electron chi connectivity index (χ0n) is 6.46. The second-order valence-electron chi connectivity index (χ2n) is 2.11. The number of hydrogen-bond acceptors (Lipinski definition) is 1. The van der Waals surface area contributed by atoms with Crippen LogP contribution in [0.2, 0.25) is 0 Å². The Hall–Kier alpha value is -0.610. The molecule has 0 aromatic carbocycles. The normalized spacial score (nSPS) is 14.1. The smallest absolute Gasteiger partial charge is 0.268 e. The first-order valence-electron chi connectivity index (χ1n) is 2.90. The van der Waals surface area contributed by atoms with Crippen LogP contribution in [-0.2, 0) is 4.52 Å². The van der Waals surface area contributed by atoms with Crippen molar-refractivity contribution in [1.82, 2.24) is 0 Å². The van der Waals surface area contributed by atoms with Crippen molar-refractivity contribution in [2.45, 2.75) is 18.0 Å². The van der Waals surface area contributed by atoms with Crippen LogP contribution < -0.4 is 0 Å². The van der Waals surface area contributed by atoms with E-state index < -0.39 is 26.7 Å². The van der Waals surface area contributed by atoms with E-state index in [-0.39, 0.29) is 5.92 Å². The van der Waals surface area contributed by atoms with E-state index in [0.717, 1.165) is 0 Å². The van der Waals surface area contributed by atoms with Crippen molar-refractivity contribution in [3.8, 4) is 12.3 Å². The molecule has 0 saturated heterocycles. The first-order valence-corrected chi connectivity index (χ1v) is 3.94. The molecule has 0 unspecified atom stereocenters. The topological polar surface area (TPSA) is 9.23 Å². The Balaban J connectivity index is 5.46. The molecule has 0 N–H and O–H groups in total. The molecule has 0 aliphatic carbocycles. The molecule has 10 heteroatoms. The minimum absolute atomic E-state index is 0.191. The largest absolute Gasteiger partial charge is 0.438 e. The molecule has 0 bridgehead atoms. The van der Waals surface area contributed by atoms with Gasteiger partial charge in [0.2, 0.25) is 0 Å². The van der Waals surface area contributed by atoms with Gasteiger partial charge >= 0.3 is 26.7 Å². The molecule has 0 spiro atoms. The van der Waals surface area contributed by atoms with Crippen LogP contribution in [0.1, 0.15) is 0 Å². The number of terminal acetylenes is 1. The summed E-state index contributed by atoms with van der Waals surface area (Å²) in [4.78, 5) is 0. The Morgan fingerprint density at radius 2 is 1.27 bits per heavy atom. The second-order valence-corrected chi connectivity index (χ2v) is 2.70. The highest BCUT2D eigenvalue weighted by Gasteiger charge is 2.73. The van der Waals surface area contributed by atoms with Crippen molar-refractivity contribution in [3.63, 3.8) is 0 Å². The number of hydrogen-bond donors (Lipinski definition) is 0. The Kier molecular flexibility index (Phi) is 3.93. The molecule has 88 valence electrons. The molecule has 1 nitrogen and oxygen atoms in total. The van der Waals surface area contributed by atoms with Gasteiger partial charge in [-0.1, -0.05) is 5.92 Å². The molecule has 0 rings (SSSR count). The third kappa shape index (κ3) is 2.69. The Labute approximate surface area is 79.5 Å². The lowest BCUT2D eigenvalue weighted by atomic mass is 10.1. The van der Waals surface area contributed by atoms with E-state index in [1.807, 2.05) is 0 Å². The first kappa shape index (κ1) is 14.4. The van der Waals surface area contributed by atoms with Gasteiger partial charge in [0.1, 0.15) is 0 Å². The zero-order valence-corrected chi connectivity index (χ0v) is 7.35. The molecule has 0 fully saturated rings. The quantitative estimate of drug-likeness (QED) is 0.418.